The molecule has 2 amide bonds. The molecule has 1 fully saturated rings. The zero-order valence-corrected chi connectivity index (χ0v) is 18.4. The Bertz CT molecular complexity index is 1490. The fourth-order valence-electron chi connectivity index (χ4n) is 4.21. The van der Waals surface area contributed by atoms with Gasteiger partial charge in [-0.25, -0.2) is 18.4 Å². The molecule has 9 nitrogen and oxygen atoms in total. The van der Waals surface area contributed by atoms with E-state index in [9.17, 15) is 23.2 Å². The van der Waals surface area contributed by atoms with Crippen molar-refractivity contribution in [1.82, 2.24) is 24.6 Å². The van der Waals surface area contributed by atoms with E-state index < -0.39 is 17.5 Å². The molecule has 2 aromatic heterocycles. The lowest BCUT2D eigenvalue weighted by Crippen LogP contribution is -2.41. The largest absolute Gasteiger partial charge is 0.339 e. The molecule has 0 aliphatic carbocycles. The molecule has 5 rings (SSSR count). The number of hydrogen-bond acceptors (Lipinski definition) is 5. The summed E-state index contributed by atoms with van der Waals surface area (Å²) in [6.07, 6.45) is 3.49. The smallest absolute Gasteiger partial charge is 0.261 e. The van der Waals surface area contributed by atoms with Crippen molar-refractivity contribution in [2.45, 2.75) is 12.8 Å². The molecule has 2 aromatic carbocycles. The molecule has 178 valence electrons. The monoisotopic (exact) mass is 478 g/mol. The number of nitrogens with zero attached hydrogens (tertiary/aromatic N) is 4. The molecule has 0 radical (unpaired) electrons. The van der Waals surface area contributed by atoms with E-state index in [0.717, 1.165) is 12.1 Å². The standard InChI is InChI=1S/C24H20F2N6O3/c25-15-5-6-16(18(26)11-15)24(35)31-9-7-14(8-10-31)22(33)30-19-3-1-2-4-20(19)32-21-17(12-29-32)23(34)28-13-27-21/h1-6,11-14H,7-10H2,(H,30,33)(H,27,28,34). The minimum absolute atomic E-state index is 0.192. The highest BCUT2D eigenvalue weighted by Crippen LogP contribution is 2.26. The molecule has 11 heteroatoms. The summed E-state index contributed by atoms with van der Waals surface area (Å²) in [7, 11) is 0. The zero-order valence-electron chi connectivity index (χ0n) is 18.4. The first-order valence-corrected chi connectivity index (χ1v) is 11.0. The number of carbonyl (C=O) groups is 2. The second-order valence-corrected chi connectivity index (χ2v) is 8.22. The molecule has 0 atom stereocenters. The van der Waals surface area contributed by atoms with Crippen molar-refractivity contribution >= 4 is 28.5 Å². The van der Waals surface area contributed by atoms with E-state index in [4.69, 9.17) is 0 Å². The van der Waals surface area contributed by atoms with Gasteiger partial charge in [0.25, 0.3) is 11.5 Å². The first-order chi connectivity index (χ1) is 16.9. The van der Waals surface area contributed by atoms with Crippen LogP contribution in [-0.4, -0.2) is 49.6 Å². The topological polar surface area (TPSA) is 113 Å². The molecule has 0 saturated carbocycles. The van der Waals surface area contributed by atoms with E-state index in [0.29, 0.717) is 41.3 Å². The fourth-order valence-corrected chi connectivity index (χ4v) is 4.21. The van der Waals surface area contributed by atoms with Gasteiger partial charge in [0.15, 0.2) is 5.65 Å². The number of halogens is 2. The number of rotatable bonds is 4. The molecule has 2 N–H and O–H groups in total. The van der Waals surface area contributed by atoms with Crippen molar-refractivity contribution in [1.29, 1.82) is 0 Å². The quantitative estimate of drug-likeness (QED) is 0.468. The van der Waals surface area contributed by atoms with E-state index in [2.05, 4.69) is 20.4 Å². The Kier molecular flexibility index (Phi) is 5.81. The van der Waals surface area contributed by atoms with E-state index in [-0.39, 0.29) is 36.0 Å². The number of carbonyl (C=O) groups excluding carboxylic acids is 2. The molecule has 1 aliphatic rings. The van der Waals surface area contributed by atoms with Gasteiger partial charge in [-0.05, 0) is 37.1 Å². The predicted octanol–water partition coefficient (Wildman–Crippen LogP) is 2.88. The van der Waals surface area contributed by atoms with Gasteiger partial charge in [0.2, 0.25) is 5.91 Å². The number of para-hydroxylation sites is 2. The van der Waals surface area contributed by atoms with Crippen LogP contribution in [-0.2, 0) is 4.79 Å². The van der Waals surface area contributed by atoms with Crippen LogP contribution in [0.5, 0.6) is 0 Å². The third kappa shape index (κ3) is 4.27. The number of nitrogens with one attached hydrogen (secondary N) is 2. The normalized spacial score (nSPS) is 14.3. The van der Waals surface area contributed by atoms with Crippen LogP contribution in [0.4, 0.5) is 14.5 Å². The van der Waals surface area contributed by atoms with Crippen LogP contribution in [0.1, 0.15) is 23.2 Å². The van der Waals surface area contributed by atoms with Gasteiger partial charge in [0, 0.05) is 25.1 Å². The van der Waals surface area contributed by atoms with Crippen molar-refractivity contribution in [3.8, 4) is 5.69 Å². The fraction of sp³-hybridized carbons (Fsp3) is 0.208. The van der Waals surface area contributed by atoms with Gasteiger partial charge in [0.1, 0.15) is 17.0 Å². The zero-order chi connectivity index (χ0) is 24.5. The van der Waals surface area contributed by atoms with Gasteiger partial charge >= 0.3 is 0 Å². The summed E-state index contributed by atoms with van der Waals surface area (Å²) in [5.41, 5.74) is 0.895. The summed E-state index contributed by atoms with van der Waals surface area (Å²) in [5, 5.41) is 7.50. The van der Waals surface area contributed by atoms with Crippen LogP contribution in [0.25, 0.3) is 16.7 Å². The number of benzene rings is 2. The Labute approximate surface area is 197 Å². The van der Waals surface area contributed by atoms with Crippen molar-refractivity contribution in [2.75, 3.05) is 18.4 Å². The number of aromatic nitrogens is 4. The summed E-state index contributed by atoms with van der Waals surface area (Å²) in [6, 6.07) is 9.88. The molecule has 0 unspecified atom stereocenters. The first kappa shape index (κ1) is 22.4. The first-order valence-electron chi connectivity index (χ1n) is 11.0. The average molecular weight is 478 g/mol. The van der Waals surface area contributed by atoms with Crippen LogP contribution in [0.15, 0.2) is 59.8 Å². The number of anilines is 1. The summed E-state index contributed by atoms with van der Waals surface area (Å²) in [5.74, 6) is -2.77. The van der Waals surface area contributed by atoms with Gasteiger partial charge in [-0.3, -0.25) is 14.4 Å². The average Bonchev–Trinajstić information content (AvgIpc) is 3.29. The van der Waals surface area contributed by atoms with Gasteiger partial charge < -0.3 is 15.2 Å². The maximum Gasteiger partial charge on any atom is 0.261 e. The lowest BCUT2D eigenvalue weighted by molar-refractivity contribution is -0.121. The minimum atomic E-state index is -0.908. The molecular weight excluding hydrogens is 458 g/mol. The van der Waals surface area contributed by atoms with E-state index in [1.807, 2.05) is 0 Å². The summed E-state index contributed by atoms with van der Waals surface area (Å²) in [6.45, 7) is 0.539. The van der Waals surface area contributed by atoms with Crippen LogP contribution < -0.4 is 10.9 Å². The number of piperidine rings is 1. The maximum atomic E-state index is 14.0. The molecule has 4 aromatic rings. The van der Waals surface area contributed by atoms with Crippen molar-refractivity contribution < 1.29 is 18.4 Å². The molecule has 35 heavy (non-hydrogen) atoms. The van der Waals surface area contributed by atoms with Crippen molar-refractivity contribution in [2.24, 2.45) is 5.92 Å². The van der Waals surface area contributed by atoms with Crippen LogP contribution in [0.2, 0.25) is 0 Å². The molecule has 1 aliphatic heterocycles. The van der Waals surface area contributed by atoms with E-state index >= 15 is 0 Å². The van der Waals surface area contributed by atoms with Gasteiger partial charge in [-0.2, -0.15) is 5.10 Å². The lowest BCUT2D eigenvalue weighted by Gasteiger charge is -2.31. The molecule has 3 heterocycles. The highest BCUT2D eigenvalue weighted by atomic mass is 19.1. The summed E-state index contributed by atoms with van der Waals surface area (Å²) >= 11 is 0. The lowest BCUT2D eigenvalue weighted by atomic mass is 9.95. The van der Waals surface area contributed by atoms with Gasteiger partial charge in [-0.15, -0.1) is 0 Å². The predicted molar refractivity (Wildman–Crippen MR) is 123 cm³/mol. The summed E-state index contributed by atoms with van der Waals surface area (Å²) in [4.78, 5) is 45.8. The van der Waals surface area contributed by atoms with Crippen molar-refractivity contribution in [3.63, 3.8) is 0 Å². The highest BCUT2D eigenvalue weighted by Gasteiger charge is 2.29. The Morgan fingerprint density at radius 2 is 1.86 bits per heavy atom. The van der Waals surface area contributed by atoms with Crippen LogP contribution >= 0.6 is 0 Å². The third-order valence-corrected chi connectivity index (χ3v) is 6.08. The molecular formula is C24H20F2N6O3. The third-order valence-electron chi connectivity index (χ3n) is 6.08. The Morgan fingerprint density at radius 1 is 1.09 bits per heavy atom. The minimum Gasteiger partial charge on any atom is -0.339 e. The Balaban J connectivity index is 1.29. The van der Waals surface area contributed by atoms with E-state index in [1.165, 1.54) is 22.1 Å². The molecule has 0 spiro atoms. The van der Waals surface area contributed by atoms with Gasteiger partial charge in [0.05, 0.1) is 29.5 Å². The number of aromatic amines is 1. The Morgan fingerprint density at radius 3 is 2.63 bits per heavy atom. The SMILES string of the molecule is O=C(Nc1ccccc1-n1ncc2c(=O)[nH]cnc21)C1CCN(C(=O)c2ccc(F)cc2F)CC1. The number of amides is 2. The highest BCUT2D eigenvalue weighted by molar-refractivity contribution is 5.96. The van der Waals surface area contributed by atoms with Crippen LogP contribution in [0, 0.1) is 17.6 Å². The number of likely N-dealkylation sites (tertiary alicyclic amines) is 1. The van der Waals surface area contributed by atoms with Crippen LogP contribution in [0.3, 0.4) is 0 Å². The summed E-state index contributed by atoms with van der Waals surface area (Å²) < 4.78 is 28.6. The van der Waals surface area contributed by atoms with Crippen molar-refractivity contribution in [3.05, 3.63) is 82.5 Å². The second-order valence-electron chi connectivity index (χ2n) is 8.22. The number of fused-ring (bicyclic) bond motifs is 1. The molecule has 1 saturated heterocycles. The maximum absolute atomic E-state index is 14.0. The second kappa shape index (κ2) is 9.09. The van der Waals surface area contributed by atoms with E-state index in [1.54, 1.807) is 24.3 Å². The van der Waals surface area contributed by atoms with Gasteiger partial charge in [-0.1, -0.05) is 12.1 Å². The number of H-pyrrole nitrogens is 1. The molecule has 0 bridgehead atoms. The Hall–Kier alpha value is -4.41. The number of hydrogen-bond donors (Lipinski definition) is 2.